The Morgan fingerprint density at radius 2 is 2.10 bits per heavy atom. The first kappa shape index (κ1) is 14.3. The highest BCUT2D eigenvalue weighted by molar-refractivity contribution is 7.99. The molecule has 0 fully saturated rings. The van der Waals surface area contributed by atoms with Crippen molar-refractivity contribution in [1.29, 1.82) is 0 Å². The molecule has 0 spiro atoms. The van der Waals surface area contributed by atoms with Crippen molar-refractivity contribution in [2.45, 2.75) is 18.6 Å². The Morgan fingerprint density at radius 3 is 2.80 bits per heavy atom. The van der Waals surface area contributed by atoms with Crippen LogP contribution in [-0.4, -0.2) is 26.4 Å². The fourth-order valence-electron chi connectivity index (χ4n) is 1.68. The molecule has 0 saturated carbocycles. The van der Waals surface area contributed by atoms with Crippen molar-refractivity contribution in [2.75, 3.05) is 5.75 Å². The van der Waals surface area contributed by atoms with Crippen LogP contribution in [0.25, 0.3) is 6.08 Å². The third-order valence-electron chi connectivity index (χ3n) is 2.63. The lowest BCUT2D eigenvalue weighted by molar-refractivity contribution is -0.118. The molecule has 104 valence electrons. The summed E-state index contributed by atoms with van der Waals surface area (Å²) in [5.74, 6) is 1.05. The van der Waals surface area contributed by atoms with Crippen LogP contribution in [0, 0.1) is 6.92 Å². The molecule has 0 radical (unpaired) electrons. The number of rotatable bonds is 6. The van der Waals surface area contributed by atoms with Gasteiger partial charge in [0.2, 0.25) is 5.91 Å². The molecule has 0 saturated heterocycles. The number of hydrogen-bond acceptors (Lipinski definition) is 4. The number of thioether (sulfide) groups is 1. The van der Waals surface area contributed by atoms with E-state index in [0.717, 1.165) is 11.3 Å². The van der Waals surface area contributed by atoms with Crippen LogP contribution in [0.5, 0.6) is 0 Å². The van der Waals surface area contributed by atoms with Gasteiger partial charge < -0.3 is 5.73 Å². The van der Waals surface area contributed by atoms with Crippen LogP contribution in [-0.2, 0) is 11.3 Å². The molecule has 0 atom stereocenters. The third-order valence-corrected chi connectivity index (χ3v) is 3.55. The molecule has 1 amide bonds. The Hall–Kier alpha value is -2.08. The number of hydrogen-bond donors (Lipinski definition) is 1. The smallest absolute Gasteiger partial charge is 0.237 e. The number of amides is 1. The fourth-order valence-corrected chi connectivity index (χ4v) is 2.47. The number of nitrogens with zero attached hydrogens (tertiary/aromatic N) is 3. The van der Waals surface area contributed by atoms with E-state index in [9.17, 15) is 4.79 Å². The second-order valence-electron chi connectivity index (χ2n) is 4.21. The summed E-state index contributed by atoms with van der Waals surface area (Å²) in [6, 6.07) is 10.1. The maximum absolute atomic E-state index is 11.0. The van der Waals surface area contributed by atoms with Crippen molar-refractivity contribution in [3.63, 3.8) is 0 Å². The lowest BCUT2D eigenvalue weighted by atomic mass is 10.2. The summed E-state index contributed by atoms with van der Waals surface area (Å²) in [5.41, 5.74) is 6.37. The van der Waals surface area contributed by atoms with Gasteiger partial charge in [-0.3, -0.25) is 9.36 Å². The lowest BCUT2D eigenvalue weighted by Gasteiger charge is -2.04. The van der Waals surface area contributed by atoms with Crippen molar-refractivity contribution in [3.05, 3.63) is 47.8 Å². The summed E-state index contributed by atoms with van der Waals surface area (Å²) >= 11 is 1.52. The number of aryl methyl sites for hydroxylation is 1. The Balaban J connectivity index is 1.94. The Labute approximate surface area is 121 Å². The molecular weight excluding hydrogens is 272 g/mol. The molecule has 1 aromatic carbocycles. The molecule has 0 bridgehead atoms. The average molecular weight is 288 g/mol. The van der Waals surface area contributed by atoms with E-state index in [4.69, 9.17) is 5.73 Å². The predicted octanol–water partition coefficient (Wildman–Crippen LogP) is 1.88. The molecule has 0 aliphatic rings. The lowest BCUT2D eigenvalue weighted by Crippen LogP contribution is -2.20. The van der Waals surface area contributed by atoms with E-state index in [1.807, 2.05) is 30.3 Å². The quantitative estimate of drug-likeness (QED) is 0.824. The van der Waals surface area contributed by atoms with Gasteiger partial charge in [0.1, 0.15) is 12.4 Å². The SMILES string of the molecule is Cc1nnc(SC/C=C/c2ccccc2)n1CC(N)=O. The van der Waals surface area contributed by atoms with Crippen LogP contribution in [0.2, 0.25) is 0 Å². The Morgan fingerprint density at radius 1 is 1.35 bits per heavy atom. The number of benzene rings is 1. The van der Waals surface area contributed by atoms with Gasteiger partial charge in [0.15, 0.2) is 5.16 Å². The Bertz CT molecular complexity index is 607. The number of carbonyl (C=O) groups is 1. The number of carbonyl (C=O) groups excluding carboxylic acids is 1. The molecule has 0 unspecified atom stereocenters. The molecule has 6 heteroatoms. The van der Waals surface area contributed by atoms with E-state index in [2.05, 4.69) is 22.3 Å². The first-order chi connectivity index (χ1) is 9.66. The maximum atomic E-state index is 11.0. The highest BCUT2D eigenvalue weighted by Crippen LogP contribution is 2.17. The minimum Gasteiger partial charge on any atom is -0.368 e. The van der Waals surface area contributed by atoms with Crippen LogP contribution in [0.3, 0.4) is 0 Å². The zero-order chi connectivity index (χ0) is 14.4. The molecule has 5 nitrogen and oxygen atoms in total. The summed E-state index contributed by atoms with van der Waals surface area (Å²) in [6.07, 6.45) is 4.10. The van der Waals surface area contributed by atoms with Gasteiger partial charge in [-0.25, -0.2) is 0 Å². The van der Waals surface area contributed by atoms with Crippen molar-refractivity contribution >= 4 is 23.7 Å². The minimum absolute atomic E-state index is 0.115. The normalized spacial score (nSPS) is 11.1. The van der Waals surface area contributed by atoms with E-state index in [-0.39, 0.29) is 6.54 Å². The van der Waals surface area contributed by atoms with E-state index < -0.39 is 5.91 Å². The van der Waals surface area contributed by atoms with Crippen molar-refractivity contribution in [3.8, 4) is 0 Å². The first-order valence-electron chi connectivity index (χ1n) is 6.19. The summed E-state index contributed by atoms with van der Waals surface area (Å²) in [6.45, 7) is 1.92. The fraction of sp³-hybridized carbons (Fsp3) is 0.214. The monoisotopic (exact) mass is 288 g/mol. The van der Waals surface area contributed by atoms with E-state index in [1.54, 1.807) is 11.5 Å². The second-order valence-corrected chi connectivity index (χ2v) is 5.19. The molecular formula is C14H16N4OS. The van der Waals surface area contributed by atoms with Crippen molar-refractivity contribution < 1.29 is 4.79 Å². The largest absolute Gasteiger partial charge is 0.368 e. The van der Waals surface area contributed by atoms with Gasteiger partial charge >= 0.3 is 0 Å². The summed E-state index contributed by atoms with van der Waals surface area (Å²) in [5, 5.41) is 8.72. The zero-order valence-corrected chi connectivity index (χ0v) is 12.0. The van der Waals surface area contributed by atoms with Gasteiger partial charge in [-0.05, 0) is 12.5 Å². The number of primary amides is 1. The molecule has 1 heterocycles. The van der Waals surface area contributed by atoms with Crippen LogP contribution >= 0.6 is 11.8 Å². The number of nitrogens with two attached hydrogens (primary N) is 1. The highest BCUT2D eigenvalue weighted by Gasteiger charge is 2.10. The van der Waals surface area contributed by atoms with E-state index in [0.29, 0.717) is 11.0 Å². The first-order valence-corrected chi connectivity index (χ1v) is 7.18. The average Bonchev–Trinajstić information content (AvgIpc) is 2.77. The van der Waals surface area contributed by atoms with E-state index in [1.165, 1.54) is 11.8 Å². The summed E-state index contributed by atoms with van der Waals surface area (Å²) < 4.78 is 1.73. The standard InChI is InChI=1S/C14H16N4OS/c1-11-16-17-14(18(11)10-13(15)19)20-9-5-8-12-6-3-2-4-7-12/h2-8H,9-10H2,1H3,(H2,15,19)/b8-5+. The van der Waals surface area contributed by atoms with Gasteiger partial charge in [0.05, 0.1) is 0 Å². The summed E-state index contributed by atoms with van der Waals surface area (Å²) in [4.78, 5) is 11.0. The minimum atomic E-state index is -0.394. The van der Waals surface area contributed by atoms with Crippen LogP contribution in [0.15, 0.2) is 41.6 Å². The maximum Gasteiger partial charge on any atom is 0.237 e. The third kappa shape index (κ3) is 3.96. The molecule has 1 aromatic heterocycles. The zero-order valence-electron chi connectivity index (χ0n) is 11.2. The number of aromatic nitrogens is 3. The second kappa shape index (κ2) is 6.91. The van der Waals surface area contributed by atoms with Crippen molar-refractivity contribution in [1.82, 2.24) is 14.8 Å². The van der Waals surface area contributed by atoms with Gasteiger partial charge in [-0.15, -0.1) is 10.2 Å². The molecule has 2 rings (SSSR count). The Kier molecular flexibility index (Phi) is 4.95. The molecule has 20 heavy (non-hydrogen) atoms. The molecule has 0 aliphatic carbocycles. The highest BCUT2D eigenvalue weighted by atomic mass is 32.2. The van der Waals surface area contributed by atoms with Gasteiger partial charge in [0, 0.05) is 5.75 Å². The van der Waals surface area contributed by atoms with Crippen molar-refractivity contribution in [2.24, 2.45) is 5.73 Å². The molecule has 2 N–H and O–H groups in total. The van der Waals surface area contributed by atoms with Crippen LogP contribution in [0.1, 0.15) is 11.4 Å². The molecule has 0 aliphatic heterocycles. The van der Waals surface area contributed by atoms with Crippen LogP contribution in [0.4, 0.5) is 0 Å². The van der Waals surface area contributed by atoms with E-state index >= 15 is 0 Å². The van der Waals surface area contributed by atoms with Gasteiger partial charge in [0.25, 0.3) is 0 Å². The molecule has 2 aromatic rings. The summed E-state index contributed by atoms with van der Waals surface area (Å²) in [7, 11) is 0. The van der Waals surface area contributed by atoms with Gasteiger partial charge in [-0.1, -0.05) is 54.2 Å². The van der Waals surface area contributed by atoms with Crippen LogP contribution < -0.4 is 5.73 Å². The van der Waals surface area contributed by atoms with Gasteiger partial charge in [-0.2, -0.15) is 0 Å². The topological polar surface area (TPSA) is 73.8 Å². The predicted molar refractivity (Wildman–Crippen MR) is 80.2 cm³/mol.